The minimum atomic E-state index is -0.444. The Morgan fingerprint density at radius 1 is 1.03 bits per heavy atom. The SMILES string of the molecule is O=C(Nc1ccc(F)cc1)c1nnc([C@@H]2CCCN2C(=O)NCc2ccc(F)cc2)s1. The molecule has 2 heterocycles. The van der Waals surface area contributed by atoms with Gasteiger partial charge in [0.25, 0.3) is 5.91 Å². The van der Waals surface area contributed by atoms with E-state index in [-0.39, 0.29) is 29.4 Å². The van der Waals surface area contributed by atoms with Crippen molar-refractivity contribution >= 4 is 29.0 Å². The van der Waals surface area contributed by atoms with E-state index in [0.29, 0.717) is 17.2 Å². The Kier molecular flexibility index (Phi) is 6.17. The molecule has 1 aliphatic heterocycles. The number of hydrogen-bond donors (Lipinski definition) is 2. The second-order valence-electron chi connectivity index (χ2n) is 7.04. The Bertz CT molecular complexity index is 1070. The van der Waals surface area contributed by atoms with Crippen LogP contribution in [0.4, 0.5) is 19.3 Å². The summed E-state index contributed by atoms with van der Waals surface area (Å²) in [4.78, 5) is 26.7. The molecule has 0 unspecified atom stereocenters. The van der Waals surface area contributed by atoms with E-state index in [9.17, 15) is 18.4 Å². The van der Waals surface area contributed by atoms with E-state index in [1.54, 1.807) is 17.0 Å². The molecule has 3 amide bonds. The first-order valence-corrected chi connectivity index (χ1v) is 10.5. The number of halogens is 2. The lowest BCUT2D eigenvalue weighted by Crippen LogP contribution is -2.39. The molecule has 160 valence electrons. The molecule has 1 aromatic heterocycles. The zero-order valence-corrected chi connectivity index (χ0v) is 17.2. The van der Waals surface area contributed by atoms with Crippen molar-refractivity contribution < 1.29 is 18.4 Å². The average molecular weight is 443 g/mol. The van der Waals surface area contributed by atoms with Gasteiger partial charge in [0.2, 0.25) is 5.01 Å². The maximum Gasteiger partial charge on any atom is 0.318 e. The molecular formula is C21H19F2N5O2S. The number of benzene rings is 2. The molecule has 0 spiro atoms. The number of nitrogens with one attached hydrogen (secondary N) is 2. The summed E-state index contributed by atoms with van der Waals surface area (Å²) < 4.78 is 26.0. The first-order valence-electron chi connectivity index (χ1n) is 9.69. The van der Waals surface area contributed by atoms with Crippen LogP contribution in [0.25, 0.3) is 0 Å². The van der Waals surface area contributed by atoms with Gasteiger partial charge < -0.3 is 15.5 Å². The van der Waals surface area contributed by atoms with E-state index >= 15 is 0 Å². The number of amides is 3. The minimum Gasteiger partial charge on any atom is -0.334 e. The summed E-state index contributed by atoms with van der Waals surface area (Å²) in [6.45, 7) is 0.848. The number of hydrogen-bond acceptors (Lipinski definition) is 5. The quantitative estimate of drug-likeness (QED) is 0.621. The van der Waals surface area contributed by atoms with Crippen LogP contribution in [0.15, 0.2) is 48.5 Å². The molecule has 1 atom stereocenters. The predicted octanol–water partition coefficient (Wildman–Crippen LogP) is 4.12. The second kappa shape index (κ2) is 9.17. The fraction of sp³-hybridized carbons (Fsp3) is 0.238. The number of anilines is 1. The molecule has 7 nitrogen and oxygen atoms in total. The van der Waals surface area contributed by atoms with Gasteiger partial charge in [-0.3, -0.25) is 4.79 Å². The van der Waals surface area contributed by atoms with Gasteiger partial charge in [0.05, 0.1) is 6.04 Å². The number of rotatable bonds is 5. The fourth-order valence-corrected chi connectivity index (χ4v) is 4.21. The summed E-state index contributed by atoms with van der Waals surface area (Å²) in [5.41, 5.74) is 1.24. The van der Waals surface area contributed by atoms with Gasteiger partial charge in [0.15, 0.2) is 0 Å². The first-order chi connectivity index (χ1) is 15.0. The Labute approximate surface area is 181 Å². The molecule has 2 N–H and O–H groups in total. The van der Waals surface area contributed by atoms with Crippen molar-refractivity contribution in [2.24, 2.45) is 0 Å². The molecule has 1 aliphatic rings. The van der Waals surface area contributed by atoms with Crippen LogP contribution in [0.2, 0.25) is 0 Å². The van der Waals surface area contributed by atoms with Gasteiger partial charge in [-0.2, -0.15) is 0 Å². The third kappa shape index (κ3) is 5.02. The smallest absolute Gasteiger partial charge is 0.318 e. The lowest BCUT2D eigenvalue weighted by atomic mass is 10.2. The summed E-state index contributed by atoms with van der Waals surface area (Å²) in [5, 5.41) is 14.3. The lowest BCUT2D eigenvalue weighted by Gasteiger charge is -2.23. The first kappa shape index (κ1) is 20.9. The Hall–Kier alpha value is -3.40. The summed E-state index contributed by atoms with van der Waals surface area (Å²) >= 11 is 1.13. The standard InChI is InChI=1S/C21H19F2N5O2S/c22-14-5-3-13(4-6-14)12-24-21(30)28-11-1-2-17(28)19-26-27-20(31-19)18(29)25-16-9-7-15(23)8-10-16/h3-10,17H,1-2,11-12H2,(H,24,30)(H,25,29)/t17-/m0/s1. The highest BCUT2D eigenvalue weighted by molar-refractivity contribution is 7.13. The number of likely N-dealkylation sites (tertiary alicyclic amines) is 1. The monoisotopic (exact) mass is 443 g/mol. The Morgan fingerprint density at radius 2 is 1.71 bits per heavy atom. The van der Waals surface area contributed by atoms with E-state index in [4.69, 9.17) is 0 Å². The van der Waals surface area contributed by atoms with Gasteiger partial charge in [-0.25, -0.2) is 13.6 Å². The molecule has 0 saturated carbocycles. The van der Waals surface area contributed by atoms with Gasteiger partial charge in [-0.05, 0) is 54.8 Å². The van der Waals surface area contributed by atoms with Crippen LogP contribution in [0, 0.1) is 11.6 Å². The summed E-state index contributed by atoms with van der Waals surface area (Å²) in [7, 11) is 0. The molecular weight excluding hydrogens is 424 g/mol. The van der Waals surface area contributed by atoms with Gasteiger partial charge in [0, 0.05) is 18.8 Å². The summed E-state index contributed by atoms with van der Waals surface area (Å²) in [6.07, 6.45) is 1.53. The average Bonchev–Trinajstić information content (AvgIpc) is 3.44. The third-order valence-corrected chi connectivity index (χ3v) is 5.92. The van der Waals surface area contributed by atoms with Crippen molar-refractivity contribution in [3.05, 3.63) is 75.7 Å². The number of nitrogens with zero attached hydrogens (tertiary/aromatic N) is 3. The highest BCUT2D eigenvalue weighted by Crippen LogP contribution is 2.33. The largest absolute Gasteiger partial charge is 0.334 e. The van der Waals surface area contributed by atoms with Crippen molar-refractivity contribution in [2.75, 3.05) is 11.9 Å². The van der Waals surface area contributed by atoms with Crippen LogP contribution in [0.3, 0.4) is 0 Å². The molecule has 10 heteroatoms. The van der Waals surface area contributed by atoms with Gasteiger partial charge in [0.1, 0.15) is 16.6 Å². The Morgan fingerprint density at radius 3 is 2.42 bits per heavy atom. The number of urea groups is 1. The molecule has 3 aromatic rings. The van der Waals surface area contributed by atoms with Crippen LogP contribution in [0.1, 0.15) is 39.3 Å². The summed E-state index contributed by atoms with van der Waals surface area (Å²) in [6, 6.07) is 10.8. The molecule has 4 rings (SSSR count). The zero-order chi connectivity index (χ0) is 21.8. The molecule has 31 heavy (non-hydrogen) atoms. The Balaban J connectivity index is 1.38. The van der Waals surface area contributed by atoms with Crippen molar-refractivity contribution in [2.45, 2.75) is 25.4 Å². The minimum absolute atomic E-state index is 0.165. The van der Waals surface area contributed by atoms with Crippen molar-refractivity contribution in [1.82, 2.24) is 20.4 Å². The van der Waals surface area contributed by atoms with Crippen LogP contribution in [0.5, 0.6) is 0 Å². The van der Waals surface area contributed by atoms with Crippen molar-refractivity contribution in [1.29, 1.82) is 0 Å². The van der Waals surface area contributed by atoms with E-state index in [1.165, 1.54) is 36.4 Å². The fourth-order valence-electron chi connectivity index (χ4n) is 3.33. The van der Waals surface area contributed by atoms with E-state index in [0.717, 1.165) is 29.7 Å². The highest BCUT2D eigenvalue weighted by Gasteiger charge is 2.33. The molecule has 0 radical (unpaired) electrons. The van der Waals surface area contributed by atoms with Crippen LogP contribution in [-0.2, 0) is 6.54 Å². The van der Waals surface area contributed by atoms with Crippen molar-refractivity contribution in [3.63, 3.8) is 0 Å². The topological polar surface area (TPSA) is 87.2 Å². The molecule has 2 aromatic carbocycles. The number of carbonyl (C=O) groups is 2. The van der Waals surface area contributed by atoms with E-state index in [1.807, 2.05) is 0 Å². The van der Waals surface area contributed by atoms with Gasteiger partial charge >= 0.3 is 6.03 Å². The van der Waals surface area contributed by atoms with E-state index < -0.39 is 11.7 Å². The normalized spacial score (nSPS) is 15.7. The molecule has 1 fully saturated rings. The predicted molar refractivity (Wildman–Crippen MR) is 112 cm³/mol. The van der Waals surface area contributed by atoms with Gasteiger partial charge in [-0.1, -0.05) is 23.5 Å². The highest BCUT2D eigenvalue weighted by atomic mass is 32.1. The maximum absolute atomic E-state index is 13.0. The number of carbonyl (C=O) groups excluding carboxylic acids is 2. The molecule has 1 saturated heterocycles. The van der Waals surface area contributed by atoms with Crippen LogP contribution >= 0.6 is 11.3 Å². The zero-order valence-electron chi connectivity index (χ0n) is 16.3. The van der Waals surface area contributed by atoms with Crippen LogP contribution in [-0.4, -0.2) is 33.6 Å². The molecule has 0 bridgehead atoms. The van der Waals surface area contributed by atoms with Crippen LogP contribution < -0.4 is 10.6 Å². The molecule has 0 aliphatic carbocycles. The van der Waals surface area contributed by atoms with Crippen molar-refractivity contribution in [3.8, 4) is 0 Å². The maximum atomic E-state index is 13.0. The lowest BCUT2D eigenvalue weighted by molar-refractivity contribution is 0.102. The van der Waals surface area contributed by atoms with Gasteiger partial charge in [-0.15, -0.1) is 10.2 Å². The van der Waals surface area contributed by atoms with E-state index in [2.05, 4.69) is 20.8 Å². The third-order valence-electron chi connectivity index (χ3n) is 4.89. The summed E-state index contributed by atoms with van der Waals surface area (Å²) in [5.74, 6) is -1.17. The second-order valence-corrected chi connectivity index (χ2v) is 8.05. The number of aromatic nitrogens is 2.